The van der Waals surface area contributed by atoms with Crippen LogP contribution in [0.2, 0.25) is 0 Å². The van der Waals surface area contributed by atoms with Crippen LogP contribution >= 0.6 is 11.8 Å². The number of hydrogen-bond donors (Lipinski definition) is 1. The Kier molecular flexibility index (Phi) is 5.88. The first-order valence-electron chi connectivity index (χ1n) is 8.32. The van der Waals surface area contributed by atoms with E-state index in [4.69, 9.17) is 0 Å². The second-order valence-corrected chi connectivity index (χ2v) is 6.99. The van der Waals surface area contributed by atoms with Gasteiger partial charge in [0.2, 0.25) is 5.91 Å². The summed E-state index contributed by atoms with van der Waals surface area (Å²) >= 11 is 1.24. The normalized spacial score (nSPS) is 10.5. The summed E-state index contributed by atoms with van der Waals surface area (Å²) < 4.78 is 1.49. The lowest BCUT2D eigenvalue weighted by atomic mass is 10.3. The Bertz CT molecular complexity index is 1060. The highest BCUT2D eigenvalue weighted by Gasteiger charge is 2.13. The largest absolute Gasteiger partial charge is 0.310 e. The second kappa shape index (κ2) is 8.52. The molecule has 0 bridgehead atoms. The number of aromatic nitrogens is 2. The van der Waals surface area contributed by atoms with Gasteiger partial charge in [-0.1, -0.05) is 0 Å². The lowest BCUT2D eigenvalue weighted by Crippen LogP contribution is -2.16. The molecule has 10 nitrogen and oxygen atoms in total. The first-order valence-corrected chi connectivity index (χ1v) is 9.30. The van der Waals surface area contributed by atoms with Gasteiger partial charge in [0.05, 0.1) is 27.0 Å². The number of hydrogen-bond acceptors (Lipinski definition) is 7. The second-order valence-electron chi connectivity index (χ2n) is 5.94. The van der Waals surface area contributed by atoms with E-state index < -0.39 is 9.85 Å². The fourth-order valence-electron chi connectivity index (χ4n) is 2.49. The predicted molar refractivity (Wildman–Crippen MR) is 107 cm³/mol. The van der Waals surface area contributed by atoms with Crippen LogP contribution in [-0.4, -0.2) is 31.3 Å². The Morgan fingerprint density at radius 1 is 1.03 bits per heavy atom. The van der Waals surface area contributed by atoms with Crippen molar-refractivity contribution in [3.05, 3.63) is 80.5 Å². The molecule has 1 aromatic heterocycles. The maximum atomic E-state index is 12.3. The summed E-state index contributed by atoms with van der Waals surface area (Å²) in [6.07, 6.45) is 0. The number of thioether (sulfide) groups is 1. The third-order valence-electron chi connectivity index (χ3n) is 3.82. The van der Waals surface area contributed by atoms with Crippen LogP contribution in [0.15, 0.2) is 59.5 Å². The number of amides is 1. The van der Waals surface area contributed by atoms with Gasteiger partial charge < -0.3 is 5.32 Å². The summed E-state index contributed by atoms with van der Waals surface area (Å²) in [6, 6.07) is 13.4. The SMILES string of the molecule is Cc1cc(NC(=O)CSc2ccc([N+](=O)[O-])cc2)n(-c2ccc([N+](=O)[O-])cc2)n1. The standard InChI is InChI=1S/C18H15N5O5S/c1-12-10-17(21(20-12)13-2-4-14(5-3-13)22(25)26)19-18(24)11-29-16-8-6-15(7-9-16)23(27)28/h2-10H,11H2,1H3,(H,19,24). The molecule has 148 valence electrons. The van der Waals surface area contributed by atoms with Crippen molar-refractivity contribution >= 4 is 34.9 Å². The van der Waals surface area contributed by atoms with Crippen LogP contribution < -0.4 is 5.32 Å². The van der Waals surface area contributed by atoms with E-state index in [9.17, 15) is 25.0 Å². The number of anilines is 1. The van der Waals surface area contributed by atoms with E-state index in [1.807, 2.05) is 0 Å². The van der Waals surface area contributed by atoms with Crippen molar-refractivity contribution in [2.24, 2.45) is 0 Å². The molecule has 0 atom stereocenters. The topological polar surface area (TPSA) is 133 Å². The molecular formula is C18H15N5O5S. The summed E-state index contributed by atoms with van der Waals surface area (Å²) in [5, 5.41) is 28.6. The van der Waals surface area contributed by atoms with E-state index in [0.29, 0.717) is 17.2 Å². The minimum Gasteiger partial charge on any atom is -0.310 e. The first kappa shape index (κ1) is 20.0. The molecule has 0 aliphatic carbocycles. The summed E-state index contributed by atoms with van der Waals surface area (Å²) in [7, 11) is 0. The van der Waals surface area contributed by atoms with E-state index in [-0.39, 0.29) is 23.0 Å². The third-order valence-corrected chi connectivity index (χ3v) is 4.83. The molecule has 1 amide bonds. The van der Waals surface area contributed by atoms with Crippen LogP contribution in [0.4, 0.5) is 17.2 Å². The number of nitrogens with zero attached hydrogens (tertiary/aromatic N) is 4. The van der Waals surface area contributed by atoms with Gasteiger partial charge in [-0.3, -0.25) is 25.0 Å². The molecule has 0 saturated carbocycles. The lowest BCUT2D eigenvalue weighted by Gasteiger charge is -2.09. The molecule has 0 fully saturated rings. The predicted octanol–water partition coefficient (Wildman–Crippen LogP) is 3.73. The maximum absolute atomic E-state index is 12.3. The molecule has 3 aromatic rings. The molecule has 29 heavy (non-hydrogen) atoms. The van der Waals surface area contributed by atoms with Crippen molar-refractivity contribution in [3.8, 4) is 5.69 Å². The summed E-state index contributed by atoms with van der Waals surface area (Å²) in [5.41, 5.74) is 1.19. The monoisotopic (exact) mass is 413 g/mol. The van der Waals surface area contributed by atoms with Crippen molar-refractivity contribution in [2.45, 2.75) is 11.8 Å². The van der Waals surface area contributed by atoms with Crippen molar-refractivity contribution in [2.75, 3.05) is 11.1 Å². The lowest BCUT2D eigenvalue weighted by molar-refractivity contribution is -0.385. The summed E-state index contributed by atoms with van der Waals surface area (Å²) in [4.78, 5) is 33.6. The molecule has 0 unspecified atom stereocenters. The van der Waals surface area contributed by atoms with Crippen LogP contribution in [0, 0.1) is 27.2 Å². The average Bonchev–Trinajstić information content (AvgIpc) is 3.06. The van der Waals surface area contributed by atoms with Gasteiger partial charge in [-0.15, -0.1) is 11.8 Å². The average molecular weight is 413 g/mol. The van der Waals surface area contributed by atoms with Gasteiger partial charge in [-0.25, -0.2) is 4.68 Å². The molecule has 0 spiro atoms. The minimum atomic E-state index is -0.490. The molecule has 1 N–H and O–H groups in total. The van der Waals surface area contributed by atoms with E-state index in [2.05, 4.69) is 10.4 Å². The molecule has 1 heterocycles. The minimum absolute atomic E-state index is 0.0127. The number of carbonyl (C=O) groups excluding carboxylic acids is 1. The Morgan fingerprint density at radius 3 is 2.14 bits per heavy atom. The van der Waals surface area contributed by atoms with Gasteiger partial charge in [-0.2, -0.15) is 5.10 Å². The Hall–Kier alpha value is -3.73. The molecule has 11 heteroatoms. The van der Waals surface area contributed by atoms with E-state index in [0.717, 1.165) is 4.90 Å². The Labute approximate surface area is 168 Å². The van der Waals surface area contributed by atoms with Crippen LogP contribution in [0.5, 0.6) is 0 Å². The number of benzene rings is 2. The van der Waals surface area contributed by atoms with Crippen molar-refractivity contribution in [3.63, 3.8) is 0 Å². The molecular weight excluding hydrogens is 398 g/mol. The molecule has 3 rings (SSSR count). The van der Waals surface area contributed by atoms with Gasteiger partial charge in [0, 0.05) is 35.2 Å². The van der Waals surface area contributed by atoms with Crippen LogP contribution in [0.1, 0.15) is 5.69 Å². The number of carbonyl (C=O) groups is 1. The zero-order chi connectivity index (χ0) is 21.0. The number of nitrogens with one attached hydrogen (secondary N) is 1. The number of rotatable bonds is 7. The van der Waals surface area contributed by atoms with Gasteiger partial charge in [0.1, 0.15) is 5.82 Å². The number of nitro groups is 2. The quantitative estimate of drug-likeness (QED) is 0.354. The maximum Gasteiger partial charge on any atom is 0.269 e. The van der Waals surface area contributed by atoms with Crippen LogP contribution in [0.25, 0.3) is 5.69 Å². The van der Waals surface area contributed by atoms with Crippen molar-refractivity contribution in [1.82, 2.24) is 9.78 Å². The van der Waals surface area contributed by atoms with Crippen LogP contribution in [-0.2, 0) is 4.79 Å². The molecule has 0 radical (unpaired) electrons. The molecule has 0 saturated heterocycles. The zero-order valence-electron chi connectivity index (χ0n) is 15.1. The first-order chi connectivity index (χ1) is 13.8. The Morgan fingerprint density at radius 2 is 1.59 bits per heavy atom. The zero-order valence-corrected chi connectivity index (χ0v) is 16.0. The fraction of sp³-hybridized carbons (Fsp3) is 0.111. The number of aryl methyl sites for hydroxylation is 1. The van der Waals surface area contributed by atoms with E-state index >= 15 is 0 Å². The summed E-state index contributed by atoms with van der Waals surface area (Å²) in [5.74, 6) is 0.254. The molecule has 0 aliphatic heterocycles. The van der Waals surface area contributed by atoms with Gasteiger partial charge in [0.15, 0.2) is 0 Å². The highest BCUT2D eigenvalue weighted by Crippen LogP contribution is 2.23. The smallest absolute Gasteiger partial charge is 0.269 e. The van der Waals surface area contributed by atoms with E-state index in [1.54, 1.807) is 37.3 Å². The highest BCUT2D eigenvalue weighted by atomic mass is 32.2. The fourth-order valence-corrected chi connectivity index (χ4v) is 3.19. The Balaban J connectivity index is 1.67. The van der Waals surface area contributed by atoms with Crippen molar-refractivity contribution in [1.29, 1.82) is 0 Å². The van der Waals surface area contributed by atoms with Gasteiger partial charge in [-0.05, 0) is 31.2 Å². The summed E-state index contributed by atoms with van der Waals surface area (Å²) in [6.45, 7) is 1.77. The van der Waals surface area contributed by atoms with E-state index in [1.165, 1.54) is 40.7 Å². The molecule has 2 aromatic carbocycles. The van der Waals surface area contributed by atoms with Crippen LogP contribution in [0.3, 0.4) is 0 Å². The number of nitro benzene ring substituents is 2. The van der Waals surface area contributed by atoms with Gasteiger partial charge in [0.25, 0.3) is 11.4 Å². The van der Waals surface area contributed by atoms with Gasteiger partial charge >= 0.3 is 0 Å². The number of non-ortho nitro benzene ring substituents is 2. The molecule has 0 aliphatic rings. The third kappa shape index (κ3) is 4.96. The van der Waals surface area contributed by atoms with Crippen molar-refractivity contribution < 1.29 is 14.6 Å². The highest BCUT2D eigenvalue weighted by molar-refractivity contribution is 8.00.